The molecule has 0 aliphatic heterocycles. The lowest BCUT2D eigenvalue weighted by Crippen LogP contribution is -2.40. The highest BCUT2D eigenvalue weighted by Gasteiger charge is 2.18. The molecule has 2 heterocycles. The fraction of sp³-hybridized carbons (Fsp3) is 0.136. The topological polar surface area (TPSA) is 73.1 Å². The zero-order valence-corrected chi connectivity index (χ0v) is 18.2. The zero-order chi connectivity index (χ0) is 22.3. The first-order valence-corrected chi connectivity index (χ1v) is 10.6. The van der Waals surface area contributed by atoms with Crippen LogP contribution in [0.15, 0.2) is 57.4 Å². The van der Waals surface area contributed by atoms with Crippen LogP contribution in [0.5, 0.6) is 0 Å². The van der Waals surface area contributed by atoms with Crippen molar-refractivity contribution in [1.29, 1.82) is 0 Å². The third-order valence-corrected chi connectivity index (χ3v) is 6.03. The van der Waals surface area contributed by atoms with Gasteiger partial charge in [-0.05, 0) is 55.1 Å². The summed E-state index contributed by atoms with van der Waals surface area (Å²) in [6, 6.07) is 10.9. The number of nitrogens with zero attached hydrogens (tertiary/aromatic N) is 2. The normalized spacial score (nSPS) is 11.1. The summed E-state index contributed by atoms with van der Waals surface area (Å²) >= 11 is 6.97. The number of carbonyl (C=O) groups excluding carboxylic acids is 1. The van der Waals surface area contributed by atoms with Gasteiger partial charge in [0.15, 0.2) is 0 Å². The molecule has 0 saturated heterocycles. The van der Waals surface area contributed by atoms with Crippen LogP contribution in [-0.4, -0.2) is 15.0 Å². The van der Waals surface area contributed by atoms with Crippen LogP contribution in [0, 0.1) is 19.7 Å². The summed E-state index contributed by atoms with van der Waals surface area (Å²) in [5, 5.41) is 4.18. The number of aromatic nitrogens is 2. The first-order chi connectivity index (χ1) is 14.8. The molecule has 2 aromatic carbocycles. The summed E-state index contributed by atoms with van der Waals surface area (Å²) in [7, 11) is 0. The molecular weight excluding hydrogens is 441 g/mol. The van der Waals surface area contributed by atoms with Crippen molar-refractivity contribution in [3.05, 3.63) is 90.6 Å². The molecule has 0 atom stereocenters. The van der Waals surface area contributed by atoms with Gasteiger partial charge in [0, 0.05) is 5.69 Å². The number of nitrogens with one attached hydrogen (secondary N) is 1. The van der Waals surface area contributed by atoms with E-state index in [1.165, 1.54) is 28.0 Å². The van der Waals surface area contributed by atoms with E-state index >= 15 is 0 Å². The van der Waals surface area contributed by atoms with Crippen molar-refractivity contribution in [2.24, 2.45) is 0 Å². The summed E-state index contributed by atoms with van der Waals surface area (Å²) in [6.07, 6.45) is 0. The minimum atomic E-state index is -0.616. The number of fused-ring (bicyclic) bond motifs is 1. The SMILES string of the molecule is Cc1ccc(-n2c(=O)c3sccc3n(CC(=O)Nc3ccc(F)c(Cl)c3)c2=O)c(C)c1. The molecule has 4 rings (SSSR count). The second-order valence-electron chi connectivity index (χ2n) is 7.11. The number of amides is 1. The molecular formula is C22H17ClFN3O3S. The predicted octanol–water partition coefficient (Wildman–Crippen LogP) is 4.26. The van der Waals surface area contributed by atoms with Crippen molar-refractivity contribution in [3.8, 4) is 5.69 Å². The number of aryl methyl sites for hydroxylation is 2. The van der Waals surface area contributed by atoms with Gasteiger partial charge in [0.05, 0.1) is 16.2 Å². The Bertz CT molecular complexity index is 1450. The van der Waals surface area contributed by atoms with Gasteiger partial charge in [-0.15, -0.1) is 11.3 Å². The van der Waals surface area contributed by atoms with Crippen molar-refractivity contribution in [1.82, 2.24) is 9.13 Å². The number of hydrogen-bond acceptors (Lipinski definition) is 4. The molecule has 0 fully saturated rings. The maximum atomic E-state index is 13.4. The maximum absolute atomic E-state index is 13.4. The van der Waals surface area contributed by atoms with E-state index < -0.39 is 23.0 Å². The van der Waals surface area contributed by atoms with E-state index in [0.717, 1.165) is 21.8 Å². The molecule has 31 heavy (non-hydrogen) atoms. The van der Waals surface area contributed by atoms with Gasteiger partial charge in [-0.2, -0.15) is 0 Å². The fourth-order valence-electron chi connectivity index (χ4n) is 3.43. The van der Waals surface area contributed by atoms with Crippen LogP contribution < -0.4 is 16.6 Å². The summed E-state index contributed by atoms with van der Waals surface area (Å²) in [6.45, 7) is 3.42. The highest BCUT2D eigenvalue weighted by Crippen LogP contribution is 2.20. The van der Waals surface area contributed by atoms with Crippen molar-refractivity contribution in [2.75, 3.05) is 5.32 Å². The minimum Gasteiger partial charge on any atom is -0.324 e. The van der Waals surface area contributed by atoms with Crippen molar-refractivity contribution in [3.63, 3.8) is 0 Å². The predicted molar refractivity (Wildman–Crippen MR) is 121 cm³/mol. The van der Waals surface area contributed by atoms with Gasteiger partial charge in [0.1, 0.15) is 17.1 Å². The Hall–Kier alpha value is -3.23. The second-order valence-corrected chi connectivity index (χ2v) is 8.43. The Morgan fingerprint density at radius 3 is 2.61 bits per heavy atom. The Kier molecular flexibility index (Phi) is 5.51. The standard InChI is InChI=1S/C22H17ClFN3O3S/c1-12-3-6-17(13(2)9-12)27-21(29)20-18(7-8-31-20)26(22(27)30)11-19(28)25-14-4-5-16(24)15(23)10-14/h3-10H,11H2,1-2H3,(H,25,28). The molecule has 158 valence electrons. The zero-order valence-electron chi connectivity index (χ0n) is 16.6. The smallest absolute Gasteiger partial charge is 0.324 e. The highest BCUT2D eigenvalue weighted by molar-refractivity contribution is 7.17. The molecule has 0 aliphatic rings. The van der Waals surface area contributed by atoms with Crippen LogP contribution in [0.2, 0.25) is 5.02 Å². The van der Waals surface area contributed by atoms with E-state index in [9.17, 15) is 18.8 Å². The largest absolute Gasteiger partial charge is 0.336 e. The van der Waals surface area contributed by atoms with Gasteiger partial charge in [-0.1, -0.05) is 29.3 Å². The lowest BCUT2D eigenvalue weighted by atomic mass is 10.1. The number of benzene rings is 2. The number of anilines is 1. The van der Waals surface area contributed by atoms with Gasteiger partial charge in [0.25, 0.3) is 5.56 Å². The third-order valence-electron chi connectivity index (χ3n) is 4.85. The van der Waals surface area contributed by atoms with E-state index in [1.54, 1.807) is 17.5 Å². The quantitative estimate of drug-likeness (QED) is 0.497. The Morgan fingerprint density at radius 1 is 1.13 bits per heavy atom. The van der Waals surface area contributed by atoms with E-state index in [0.29, 0.717) is 21.6 Å². The number of thiophene rings is 1. The molecule has 0 aliphatic carbocycles. The van der Waals surface area contributed by atoms with Gasteiger partial charge >= 0.3 is 5.69 Å². The lowest BCUT2D eigenvalue weighted by Gasteiger charge is -2.14. The van der Waals surface area contributed by atoms with Gasteiger partial charge < -0.3 is 5.32 Å². The first kappa shape index (κ1) is 21.0. The molecule has 0 spiro atoms. The molecule has 0 unspecified atom stereocenters. The van der Waals surface area contributed by atoms with Crippen LogP contribution in [0.4, 0.5) is 10.1 Å². The molecule has 2 aromatic heterocycles. The molecule has 0 radical (unpaired) electrons. The van der Waals surface area contributed by atoms with Gasteiger partial charge in [0.2, 0.25) is 5.91 Å². The third kappa shape index (κ3) is 3.92. The number of hydrogen-bond donors (Lipinski definition) is 1. The van der Waals surface area contributed by atoms with E-state index in [2.05, 4.69) is 5.32 Å². The molecule has 6 nitrogen and oxygen atoms in total. The van der Waals surface area contributed by atoms with Crippen molar-refractivity contribution >= 4 is 44.7 Å². The van der Waals surface area contributed by atoms with E-state index in [-0.39, 0.29) is 11.6 Å². The number of halogens is 2. The monoisotopic (exact) mass is 457 g/mol. The number of carbonyl (C=O) groups is 1. The second kappa shape index (κ2) is 8.13. The molecule has 9 heteroatoms. The maximum Gasteiger partial charge on any atom is 0.336 e. The van der Waals surface area contributed by atoms with Gasteiger partial charge in [-0.3, -0.25) is 14.2 Å². The summed E-state index contributed by atoms with van der Waals surface area (Å²) in [5.41, 5.74) is 1.88. The van der Waals surface area contributed by atoms with E-state index in [4.69, 9.17) is 11.6 Å². The van der Waals surface area contributed by atoms with Crippen LogP contribution in [0.1, 0.15) is 11.1 Å². The molecule has 1 N–H and O–H groups in total. The first-order valence-electron chi connectivity index (χ1n) is 9.32. The van der Waals surface area contributed by atoms with Crippen LogP contribution in [-0.2, 0) is 11.3 Å². The van der Waals surface area contributed by atoms with Crippen molar-refractivity contribution < 1.29 is 9.18 Å². The average Bonchev–Trinajstić information content (AvgIpc) is 3.20. The van der Waals surface area contributed by atoms with Gasteiger partial charge in [-0.25, -0.2) is 13.8 Å². The molecule has 0 saturated carbocycles. The molecule has 1 amide bonds. The minimum absolute atomic E-state index is 0.126. The van der Waals surface area contributed by atoms with Crippen LogP contribution in [0.3, 0.4) is 0 Å². The fourth-order valence-corrected chi connectivity index (χ4v) is 4.43. The van der Waals surface area contributed by atoms with Crippen molar-refractivity contribution in [2.45, 2.75) is 20.4 Å². The van der Waals surface area contributed by atoms with Crippen LogP contribution in [0.25, 0.3) is 15.9 Å². The lowest BCUT2D eigenvalue weighted by molar-refractivity contribution is -0.116. The molecule has 0 bridgehead atoms. The summed E-state index contributed by atoms with van der Waals surface area (Å²) in [4.78, 5) is 39.0. The average molecular weight is 458 g/mol. The Morgan fingerprint density at radius 2 is 1.90 bits per heavy atom. The van der Waals surface area contributed by atoms with E-state index in [1.807, 2.05) is 26.0 Å². The Labute approximate surface area is 185 Å². The Balaban J connectivity index is 1.80. The van der Waals surface area contributed by atoms with Crippen LogP contribution >= 0.6 is 22.9 Å². The summed E-state index contributed by atoms with van der Waals surface area (Å²) in [5.74, 6) is -1.11. The number of rotatable bonds is 4. The highest BCUT2D eigenvalue weighted by atomic mass is 35.5. The summed E-state index contributed by atoms with van der Waals surface area (Å²) < 4.78 is 16.1. The molecule has 4 aromatic rings.